The van der Waals surface area contributed by atoms with Crippen LogP contribution in [0.2, 0.25) is 0 Å². The molecule has 0 aromatic heterocycles. The standard InChI is InChI=1S/Fe.K.Ti.Zn.H. The maximum atomic E-state index is 0. The van der Waals surface area contributed by atoms with Gasteiger partial charge in [-0.3, -0.25) is 0 Å². The van der Waals surface area contributed by atoms with Crippen LogP contribution in [0.25, 0.3) is 0 Å². The summed E-state index contributed by atoms with van der Waals surface area (Å²) in [6.07, 6.45) is 0. The van der Waals surface area contributed by atoms with Crippen LogP contribution >= 0.6 is 0 Å². The molecule has 0 aliphatic rings. The molecule has 0 radical (unpaired) electrons. The minimum absolute atomic E-state index is 0. The topological polar surface area (TPSA) is 0 Å². The van der Waals surface area contributed by atoms with Crippen LogP contribution in [0, 0.1) is 0 Å². The quantitative estimate of drug-likeness (QED) is 0.465. The SMILES string of the molecule is [Fe].[KH].[Ti].[Zn]. The minimum Gasteiger partial charge on any atom is 0 e. The summed E-state index contributed by atoms with van der Waals surface area (Å²) in [4.78, 5) is 0. The van der Waals surface area contributed by atoms with Crippen molar-refractivity contribution in [2.24, 2.45) is 0 Å². The Morgan fingerprint density at radius 2 is 1.00 bits per heavy atom. The van der Waals surface area contributed by atoms with E-state index in [4.69, 9.17) is 0 Å². The molecule has 4 heavy (non-hydrogen) atoms. The van der Waals surface area contributed by atoms with Crippen LogP contribution < -0.4 is 0 Å². The van der Waals surface area contributed by atoms with E-state index in [2.05, 4.69) is 0 Å². The molecule has 0 saturated heterocycles. The van der Waals surface area contributed by atoms with E-state index in [0.29, 0.717) is 0 Å². The summed E-state index contributed by atoms with van der Waals surface area (Å²) in [6, 6.07) is 0. The number of hydrogen-bond donors (Lipinski definition) is 0. The summed E-state index contributed by atoms with van der Waals surface area (Å²) in [5.74, 6) is 0. The van der Waals surface area contributed by atoms with Gasteiger partial charge < -0.3 is 0 Å². The smallest absolute Gasteiger partial charge is 0 e. The zero-order chi connectivity index (χ0) is 0. The van der Waals surface area contributed by atoms with E-state index < -0.39 is 0 Å². The molecule has 0 atom stereocenters. The van der Waals surface area contributed by atoms with Gasteiger partial charge in [-0.05, 0) is 0 Å². The summed E-state index contributed by atoms with van der Waals surface area (Å²) in [5, 5.41) is 0. The second-order valence-corrected chi connectivity index (χ2v) is 0. The number of hydrogen-bond acceptors (Lipinski definition) is 0. The third-order valence-corrected chi connectivity index (χ3v) is 0. The first kappa shape index (κ1) is 25.9. The molecule has 0 bridgehead atoms. The third-order valence-electron chi connectivity index (χ3n) is 0. The Labute approximate surface area is 107 Å². The van der Waals surface area contributed by atoms with E-state index in [0.717, 1.165) is 0 Å². The Morgan fingerprint density at radius 3 is 1.00 bits per heavy atom. The molecule has 0 aromatic carbocycles. The molecule has 4 heteroatoms. The van der Waals surface area contributed by atoms with Crippen LogP contribution in [0.5, 0.6) is 0 Å². The van der Waals surface area contributed by atoms with Crippen molar-refractivity contribution in [2.45, 2.75) is 0 Å². The fraction of sp³-hybridized carbons (Fsp3) is 0. The van der Waals surface area contributed by atoms with Gasteiger partial charge in [-0.1, -0.05) is 0 Å². The van der Waals surface area contributed by atoms with Gasteiger partial charge in [-0.2, -0.15) is 0 Å². The summed E-state index contributed by atoms with van der Waals surface area (Å²) in [5.41, 5.74) is 0. The number of rotatable bonds is 0. The second kappa shape index (κ2) is 16.1. The fourth-order valence-corrected chi connectivity index (χ4v) is 0. The van der Waals surface area contributed by atoms with Gasteiger partial charge in [0.15, 0.2) is 0 Å². The summed E-state index contributed by atoms with van der Waals surface area (Å²) in [6.45, 7) is 0. The average Bonchev–Trinajstić information content (AvgIpc) is 0. The minimum atomic E-state index is 0. The Morgan fingerprint density at radius 1 is 1.00 bits per heavy atom. The predicted octanol–water partition coefficient (Wildman–Crippen LogP) is -0.656. The molecule has 0 amide bonds. The molecule has 0 aliphatic heterocycles. The Kier molecular flexibility index (Phi) is 104. The first-order valence-corrected chi connectivity index (χ1v) is 0. The van der Waals surface area contributed by atoms with E-state index >= 15 is 0 Å². The Balaban J connectivity index is 0. The zero-order valence-corrected chi connectivity index (χ0v) is 7.19. The van der Waals surface area contributed by atoms with Crippen LogP contribution in [0.15, 0.2) is 0 Å². The van der Waals surface area contributed by atoms with Crippen molar-refractivity contribution in [1.82, 2.24) is 0 Å². The Hall–Kier alpha value is 3.49. The van der Waals surface area contributed by atoms with Gasteiger partial charge in [-0.25, -0.2) is 0 Å². The Bertz CT molecular complexity index is 8.00. The van der Waals surface area contributed by atoms with Crippen molar-refractivity contribution >= 4 is 51.4 Å². The molecular formula is HFeKTiZn. The summed E-state index contributed by atoms with van der Waals surface area (Å²) >= 11 is 0. The van der Waals surface area contributed by atoms with Crippen LogP contribution in [-0.4, -0.2) is 51.4 Å². The predicted molar refractivity (Wildman–Crippen MR) is 7.15 cm³/mol. The van der Waals surface area contributed by atoms with Crippen molar-refractivity contribution in [2.75, 3.05) is 0 Å². The van der Waals surface area contributed by atoms with Crippen molar-refractivity contribution < 1.29 is 58.3 Å². The average molecular weight is 209 g/mol. The summed E-state index contributed by atoms with van der Waals surface area (Å²) in [7, 11) is 0. The molecule has 0 fully saturated rings. The van der Waals surface area contributed by atoms with Crippen LogP contribution in [0.4, 0.5) is 0 Å². The van der Waals surface area contributed by atoms with Crippen LogP contribution in [-0.2, 0) is 58.3 Å². The van der Waals surface area contributed by atoms with Crippen LogP contribution in [0.3, 0.4) is 0 Å². The van der Waals surface area contributed by atoms with E-state index in [1.807, 2.05) is 0 Å². The monoisotopic (exact) mass is 208 g/mol. The third kappa shape index (κ3) is 9.09. The van der Waals surface area contributed by atoms with Crippen molar-refractivity contribution in [1.29, 1.82) is 0 Å². The molecule has 0 heterocycles. The van der Waals surface area contributed by atoms with Crippen LogP contribution in [0.1, 0.15) is 0 Å². The molecule has 0 rings (SSSR count). The largest absolute Gasteiger partial charge is 0 e. The van der Waals surface area contributed by atoms with E-state index in [1.54, 1.807) is 0 Å². The molecule has 0 aromatic rings. The molecular weight excluding hydrogens is 208 g/mol. The molecule has 0 unspecified atom stereocenters. The molecule has 0 N–H and O–H groups in total. The first-order chi connectivity index (χ1) is 0. The van der Waals surface area contributed by atoms with E-state index in [-0.39, 0.29) is 110 Å². The fourth-order valence-electron chi connectivity index (χ4n) is 0. The van der Waals surface area contributed by atoms with Crippen molar-refractivity contribution in [3.63, 3.8) is 0 Å². The van der Waals surface area contributed by atoms with Gasteiger partial charge in [0, 0.05) is 58.3 Å². The molecule has 16 valence electrons. The molecule has 0 nitrogen and oxygen atoms in total. The van der Waals surface area contributed by atoms with Crippen molar-refractivity contribution in [3.8, 4) is 0 Å². The maximum Gasteiger partial charge on any atom is 0 e. The maximum absolute atomic E-state index is 0. The van der Waals surface area contributed by atoms with E-state index in [9.17, 15) is 0 Å². The molecule has 0 saturated carbocycles. The molecule has 0 aliphatic carbocycles. The van der Waals surface area contributed by atoms with Gasteiger partial charge in [0.25, 0.3) is 0 Å². The van der Waals surface area contributed by atoms with Crippen molar-refractivity contribution in [3.05, 3.63) is 0 Å². The summed E-state index contributed by atoms with van der Waals surface area (Å²) < 4.78 is 0. The zero-order valence-electron chi connectivity index (χ0n) is 1.56. The van der Waals surface area contributed by atoms with Gasteiger partial charge in [0.2, 0.25) is 0 Å². The first-order valence-electron chi connectivity index (χ1n) is 0. The normalized spacial score (nSPS) is 0. The van der Waals surface area contributed by atoms with Gasteiger partial charge in [0.05, 0.1) is 0 Å². The van der Waals surface area contributed by atoms with E-state index in [1.165, 1.54) is 0 Å². The van der Waals surface area contributed by atoms with Gasteiger partial charge >= 0.3 is 51.4 Å². The van der Waals surface area contributed by atoms with Gasteiger partial charge in [0.1, 0.15) is 0 Å². The molecule has 0 spiro atoms. The second-order valence-electron chi connectivity index (χ2n) is 0. The van der Waals surface area contributed by atoms with Gasteiger partial charge in [-0.15, -0.1) is 0 Å².